The van der Waals surface area contributed by atoms with Crippen molar-refractivity contribution in [3.8, 4) is 0 Å². The predicted octanol–water partition coefficient (Wildman–Crippen LogP) is 1.10. The van der Waals surface area contributed by atoms with Gasteiger partial charge in [-0.15, -0.1) is 5.10 Å². The van der Waals surface area contributed by atoms with Crippen molar-refractivity contribution in [2.24, 2.45) is 0 Å². The molecule has 0 spiro atoms. The Morgan fingerprint density at radius 3 is 2.96 bits per heavy atom. The first-order chi connectivity index (χ1) is 12.2. The molecule has 4 rings (SSSR count). The summed E-state index contributed by atoms with van der Waals surface area (Å²) in [6.07, 6.45) is 1.58. The molecule has 2 heterocycles. The fourth-order valence-corrected chi connectivity index (χ4v) is 2.62. The number of aromatic amines is 1. The molecule has 2 aromatic carbocycles. The second-order valence-electron chi connectivity index (χ2n) is 5.53. The predicted molar refractivity (Wildman–Crippen MR) is 92.2 cm³/mol. The van der Waals surface area contributed by atoms with E-state index >= 15 is 0 Å². The molecule has 0 aliphatic rings. The molecule has 4 aromatic rings. The number of fused-ring (bicyclic) bond motifs is 2. The number of carbonyl (C=O) groups is 1. The molecule has 2 aromatic heterocycles. The van der Waals surface area contributed by atoms with E-state index < -0.39 is 0 Å². The SMILES string of the molecule is O=C(NCCn1nnc2ccccc2c1=O)c1ccc2nc[nH]c2c1. The Hall–Kier alpha value is -3.55. The minimum absolute atomic E-state index is 0.223. The minimum atomic E-state index is -0.224. The van der Waals surface area contributed by atoms with E-state index in [0.717, 1.165) is 11.0 Å². The number of nitrogens with one attached hydrogen (secondary N) is 2. The summed E-state index contributed by atoms with van der Waals surface area (Å²) >= 11 is 0. The summed E-state index contributed by atoms with van der Waals surface area (Å²) in [5, 5.41) is 11.2. The average molecular weight is 334 g/mol. The van der Waals surface area contributed by atoms with Gasteiger partial charge in [0.2, 0.25) is 0 Å². The van der Waals surface area contributed by atoms with Crippen molar-refractivity contribution in [3.63, 3.8) is 0 Å². The first-order valence-electron chi connectivity index (χ1n) is 7.76. The van der Waals surface area contributed by atoms with Crippen LogP contribution in [0.1, 0.15) is 10.4 Å². The molecule has 0 aliphatic heterocycles. The van der Waals surface area contributed by atoms with Crippen molar-refractivity contribution >= 4 is 27.8 Å². The van der Waals surface area contributed by atoms with Crippen LogP contribution in [0.4, 0.5) is 0 Å². The number of aromatic nitrogens is 5. The Morgan fingerprint density at radius 2 is 2.04 bits per heavy atom. The number of hydrogen-bond acceptors (Lipinski definition) is 5. The highest BCUT2D eigenvalue weighted by Crippen LogP contribution is 2.11. The molecule has 0 unspecified atom stereocenters. The lowest BCUT2D eigenvalue weighted by atomic mass is 10.2. The molecule has 0 saturated carbocycles. The van der Waals surface area contributed by atoms with E-state index in [4.69, 9.17) is 0 Å². The topological polar surface area (TPSA) is 106 Å². The van der Waals surface area contributed by atoms with Crippen molar-refractivity contribution in [1.82, 2.24) is 30.3 Å². The largest absolute Gasteiger partial charge is 0.350 e. The molecular formula is C17H14N6O2. The summed E-state index contributed by atoms with van der Waals surface area (Å²) in [5.41, 5.74) is 2.45. The van der Waals surface area contributed by atoms with Crippen LogP contribution in [0.2, 0.25) is 0 Å². The summed E-state index contributed by atoms with van der Waals surface area (Å²) in [6, 6.07) is 12.3. The first-order valence-corrected chi connectivity index (χ1v) is 7.76. The molecule has 2 N–H and O–H groups in total. The highest BCUT2D eigenvalue weighted by molar-refractivity contribution is 5.97. The maximum absolute atomic E-state index is 12.3. The first kappa shape index (κ1) is 15.0. The van der Waals surface area contributed by atoms with Gasteiger partial charge in [0.15, 0.2) is 0 Å². The number of benzene rings is 2. The Morgan fingerprint density at radius 1 is 1.16 bits per heavy atom. The molecule has 8 nitrogen and oxygen atoms in total. The molecule has 0 atom stereocenters. The summed E-state index contributed by atoms with van der Waals surface area (Å²) in [6.45, 7) is 0.515. The molecule has 0 radical (unpaired) electrons. The van der Waals surface area contributed by atoms with Crippen LogP contribution in [-0.2, 0) is 6.54 Å². The van der Waals surface area contributed by atoms with Crippen LogP contribution in [-0.4, -0.2) is 37.4 Å². The van der Waals surface area contributed by atoms with Crippen molar-refractivity contribution in [1.29, 1.82) is 0 Å². The third-order valence-electron chi connectivity index (χ3n) is 3.92. The zero-order chi connectivity index (χ0) is 17.2. The molecular weight excluding hydrogens is 320 g/mol. The van der Waals surface area contributed by atoms with Crippen LogP contribution in [0.3, 0.4) is 0 Å². The van der Waals surface area contributed by atoms with Crippen LogP contribution in [0.15, 0.2) is 53.6 Å². The third-order valence-corrected chi connectivity index (χ3v) is 3.92. The molecule has 8 heteroatoms. The quantitative estimate of drug-likeness (QED) is 0.581. The molecule has 25 heavy (non-hydrogen) atoms. The van der Waals surface area contributed by atoms with E-state index in [1.807, 2.05) is 0 Å². The summed E-state index contributed by atoms with van der Waals surface area (Å²) in [4.78, 5) is 31.6. The van der Waals surface area contributed by atoms with Gasteiger partial charge in [0.25, 0.3) is 11.5 Å². The number of hydrogen-bond donors (Lipinski definition) is 2. The molecule has 0 bridgehead atoms. The van der Waals surface area contributed by atoms with Crippen LogP contribution < -0.4 is 10.9 Å². The van der Waals surface area contributed by atoms with Gasteiger partial charge in [-0.3, -0.25) is 9.59 Å². The van der Waals surface area contributed by atoms with Crippen LogP contribution in [0.25, 0.3) is 21.9 Å². The van der Waals surface area contributed by atoms with Gasteiger partial charge in [-0.05, 0) is 30.3 Å². The lowest BCUT2D eigenvalue weighted by Crippen LogP contribution is -2.32. The van der Waals surface area contributed by atoms with Crippen molar-refractivity contribution < 1.29 is 4.79 Å². The second-order valence-corrected chi connectivity index (χ2v) is 5.53. The van der Waals surface area contributed by atoms with E-state index in [1.54, 1.807) is 48.8 Å². The smallest absolute Gasteiger partial charge is 0.277 e. The summed E-state index contributed by atoms with van der Waals surface area (Å²) < 4.78 is 1.25. The van der Waals surface area contributed by atoms with E-state index in [0.29, 0.717) is 16.5 Å². The maximum Gasteiger partial charge on any atom is 0.277 e. The molecule has 0 aliphatic carbocycles. The van der Waals surface area contributed by atoms with Crippen LogP contribution in [0, 0.1) is 0 Å². The number of carbonyl (C=O) groups excluding carboxylic acids is 1. The minimum Gasteiger partial charge on any atom is -0.350 e. The van der Waals surface area contributed by atoms with Gasteiger partial charge in [-0.2, -0.15) is 0 Å². The number of H-pyrrole nitrogens is 1. The highest BCUT2D eigenvalue weighted by Gasteiger charge is 2.08. The van der Waals surface area contributed by atoms with Gasteiger partial charge < -0.3 is 10.3 Å². The number of rotatable bonds is 4. The highest BCUT2D eigenvalue weighted by atomic mass is 16.2. The van der Waals surface area contributed by atoms with Crippen LogP contribution >= 0.6 is 0 Å². The van der Waals surface area contributed by atoms with Crippen molar-refractivity contribution in [3.05, 3.63) is 64.7 Å². The Labute approximate surface area is 141 Å². The van der Waals surface area contributed by atoms with E-state index in [2.05, 4.69) is 25.6 Å². The van der Waals surface area contributed by atoms with Gasteiger partial charge in [-0.1, -0.05) is 17.3 Å². The summed E-state index contributed by atoms with van der Waals surface area (Å²) in [5.74, 6) is -0.224. The Balaban J connectivity index is 1.46. The van der Waals surface area contributed by atoms with E-state index in [9.17, 15) is 9.59 Å². The van der Waals surface area contributed by atoms with Gasteiger partial charge in [0, 0.05) is 12.1 Å². The average Bonchev–Trinajstić information content (AvgIpc) is 3.11. The number of nitrogens with zero attached hydrogens (tertiary/aromatic N) is 4. The maximum atomic E-state index is 12.3. The molecule has 1 amide bonds. The lowest BCUT2D eigenvalue weighted by molar-refractivity contribution is 0.0951. The molecule has 0 fully saturated rings. The van der Waals surface area contributed by atoms with E-state index in [1.165, 1.54) is 4.68 Å². The zero-order valence-corrected chi connectivity index (χ0v) is 13.1. The third kappa shape index (κ3) is 2.85. The van der Waals surface area contributed by atoms with Gasteiger partial charge in [0.1, 0.15) is 5.52 Å². The zero-order valence-electron chi connectivity index (χ0n) is 13.1. The number of amides is 1. The fourth-order valence-electron chi connectivity index (χ4n) is 2.62. The van der Waals surface area contributed by atoms with Gasteiger partial charge in [0.05, 0.1) is 29.3 Å². The van der Waals surface area contributed by atoms with Crippen molar-refractivity contribution in [2.45, 2.75) is 6.54 Å². The Bertz CT molecular complexity index is 1130. The van der Waals surface area contributed by atoms with Crippen LogP contribution in [0.5, 0.6) is 0 Å². The normalized spacial score (nSPS) is 11.0. The fraction of sp³-hybridized carbons (Fsp3) is 0.118. The van der Waals surface area contributed by atoms with Crippen molar-refractivity contribution in [2.75, 3.05) is 6.54 Å². The van der Waals surface area contributed by atoms with Gasteiger partial charge >= 0.3 is 0 Å². The molecule has 0 saturated heterocycles. The van der Waals surface area contributed by atoms with Gasteiger partial charge in [-0.25, -0.2) is 9.67 Å². The van der Waals surface area contributed by atoms with E-state index in [-0.39, 0.29) is 24.6 Å². The summed E-state index contributed by atoms with van der Waals surface area (Å²) in [7, 11) is 0. The second kappa shape index (κ2) is 6.16. The Kier molecular flexibility index (Phi) is 3.70. The lowest BCUT2D eigenvalue weighted by Gasteiger charge is -2.07. The standard InChI is InChI=1S/C17H14N6O2/c24-16(11-5-6-14-15(9-11)20-10-19-14)18-7-8-23-17(25)12-3-1-2-4-13(12)21-22-23/h1-6,9-10H,7-8H2,(H,18,24)(H,19,20). The molecule has 124 valence electrons. The monoisotopic (exact) mass is 334 g/mol. The number of imidazole rings is 1.